The van der Waals surface area contributed by atoms with Crippen LogP contribution in [0.5, 0.6) is 0 Å². The molecule has 0 bridgehead atoms. The van der Waals surface area contributed by atoms with Crippen molar-refractivity contribution in [3.63, 3.8) is 0 Å². The van der Waals surface area contributed by atoms with Crippen molar-refractivity contribution in [2.45, 2.75) is 6.92 Å². The molecule has 0 aliphatic carbocycles. The SMILES string of the molecule is Cc1cc(-c2ccc(N(c3ccc(-c4ccccc4)cc3)c3ccc(-c4cc5ccccc5c5ccccc45)cc3)cc2)c2c(c1)oc1ccccc12. The van der Waals surface area contributed by atoms with Gasteiger partial charge in [-0.25, -0.2) is 0 Å². The third-order valence-electron chi connectivity index (χ3n) is 10.5. The van der Waals surface area contributed by atoms with Gasteiger partial charge in [-0.3, -0.25) is 0 Å². The van der Waals surface area contributed by atoms with Crippen molar-refractivity contribution in [3.8, 4) is 33.4 Å². The first-order chi connectivity index (χ1) is 26.2. The third-order valence-corrected chi connectivity index (χ3v) is 10.5. The third kappa shape index (κ3) is 5.44. The molecular weight excluding hydrogens is 643 g/mol. The van der Waals surface area contributed by atoms with Crippen molar-refractivity contribution in [2.24, 2.45) is 0 Å². The van der Waals surface area contributed by atoms with Crippen LogP contribution in [0.4, 0.5) is 17.1 Å². The molecule has 0 spiro atoms. The van der Waals surface area contributed by atoms with Crippen LogP contribution < -0.4 is 4.90 Å². The lowest BCUT2D eigenvalue weighted by Gasteiger charge is -2.26. The molecular formula is C51H35NO. The Morgan fingerprint density at radius 1 is 0.358 bits per heavy atom. The van der Waals surface area contributed by atoms with Crippen LogP contribution in [0.2, 0.25) is 0 Å². The predicted molar refractivity (Wildman–Crippen MR) is 224 cm³/mol. The van der Waals surface area contributed by atoms with Crippen LogP contribution in [-0.2, 0) is 0 Å². The number of rotatable bonds is 6. The maximum atomic E-state index is 6.29. The Bertz CT molecular complexity index is 2920. The number of furan rings is 1. The molecule has 10 aromatic rings. The van der Waals surface area contributed by atoms with E-state index in [1.807, 2.05) is 12.1 Å². The van der Waals surface area contributed by atoms with E-state index in [0.29, 0.717) is 0 Å². The van der Waals surface area contributed by atoms with Crippen molar-refractivity contribution in [1.82, 2.24) is 0 Å². The van der Waals surface area contributed by atoms with E-state index in [1.165, 1.54) is 54.9 Å². The molecule has 10 rings (SSSR count). The minimum Gasteiger partial charge on any atom is -0.456 e. The molecule has 2 heteroatoms. The Morgan fingerprint density at radius 2 is 0.868 bits per heavy atom. The Kier molecular flexibility index (Phi) is 7.40. The molecule has 0 aliphatic heterocycles. The molecule has 0 aliphatic rings. The Morgan fingerprint density at radius 3 is 1.55 bits per heavy atom. The molecule has 0 unspecified atom stereocenters. The van der Waals surface area contributed by atoms with Gasteiger partial charge in [-0.15, -0.1) is 0 Å². The van der Waals surface area contributed by atoms with Gasteiger partial charge in [-0.05, 0) is 122 Å². The van der Waals surface area contributed by atoms with Gasteiger partial charge in [0.05, 0.1) is 0 Å². The zero-order valence-corrected chi connectivity index (χ0v) is 29.3. The van der Waals surface area contributed by atoms with E-state index in [9.17, 15) is 0 Å². The summed E-state index contributed by atoms with van der Waals surface area (Å²) >= 11 is 0. The fraction of sp³-hybridized carbons (Fsp3) is 0.0196. The van der Waals surface area contributed by atoms with Gasteiger partial charge < -0.3 is 9.32 Å². The molecule has 250 valence electrons. The second-order valence-electron chi connectivity index (χ2n) is 13.8. The van der Waals surface area contributed by atoms with Crippen molar-refractivity contribution < 1.29 is 4.42 Å². The maximum absolute atomic E-state index is 6.29. The van der Waals surface area contributed by atoms with Crippen molar-refractivity contribution >= 4 is 60.5 Å². The van der Waals surface area contributed by atoms with E-state index >= 15 is 0 Å². The van der Waals surface area contributed by atoms with Crippen LogP contribution in [-0.4, -0.2) is 0 Å². The molecule has 0 saturated carbocycles. The van der Waals surface area contributed by atoms with Gasteiger partial charge in [0.25, 0.3) is 0 Å². The second-order valence-corrected chi connectivity index (χ2v) is 13.8. The monoisotopic (exact) mass is 677 g/mol. The normalized spacial score (nSPS) is 11.5. The lowest BCUT2D eigenvalue weighted by molar-refractivity contribution is 0.668. The zero-order chi connectivity index (χ0) is 35.3. The van der Waals surface area contributed by atoms with Crippen LogP contribution in [0.25, 0.3) is 76.9 Å². The summed E-state index contributed by atoms with van der Waals surface area (Å²) < 4.78 is 6.29. The summed E-state index contributed by atoms with van der Waals surface area (Å²) in [5.74, 6) is 0. The number of benzene rings is 9. The standard InChI is InChI=1S/C51H35NO/c1-34-31-48(51-46-17-9-10-18-49(46)53-50(51)32-34)38-23-29-42(30-24-38)52(40-25-19-36(20-26-40)35-11-3-2-4-12-35)41-27-21-37(22-28-41)47-33-39-13-5-6-14-43(39)44-15-7-8-16-45(44)47/h2-33H,1H3. The maximum Gasteiger partial charge on any atom is 0.136 e. The first-order valence-corrected chi connectivity index (χ1v) is 18.2. The first kappa shape index (κ1) is 30.9. The Hall–Kier alpha value is -6.90. The van der Waals surface area contributed by atoms with Crippen molar-refractivity contribution in [2.75, 3.05) is 4.90 Å². The minimum absolute atomic E-state index is 0.913. The minimum atomic E-state index is 0.913. The summed E-state index contributed by atoms with van der Waals surface area (Å²) in [6.45, 7) is 2.13. The molecule has 1 aromatic heterocycles. The molecule has 0 N–H and O–H groups in total. The van der Waals surface area contributed by atoms with Gasteiger partial charge in [-0.1, -0.05) is 140 Å². The summed E-state index contributed by atoms with van der Waals surface area (Å²) in [6, 6.07) is 69.9. The average Bonchev–Trinajstić information content (AvgIpc) is 3.60. The summed E-state index contributed by atoms with van der Waals surface area (Å²) in [6.07, 6.45) is 0. The van der Waals surface area contributed by atoms with Crippen LogP contribution in [0.1, 0.15) is 5.56 Å². The van der Waals surface area contributed by atoms with Gasteiger partial charge in [0.1, 0.15) is 11.2 Å². The lowest BCUT2D eigenvalue weighted by Crippen LogP contribution is -2.09. The summed E-state index contributed by atoms with van der Waals surface area (Å²) in [4.78, 5) is 2.35. The molecule has 0 fully saturated rings. The number of anilines is 3. The van der Waals surface area contributed by atoms with Crippen LogP contribution >= 0.6 is 0 Å². The van der Waals surface area contributed by atoms with E-state index in [0.717, 1.165) is 44.6 Å². The first-order valence-electron chi connectivity index (χ1n) is 18.2. The van der Waals surface area contributed by atoms with E-state index in [2.05, 4.69) is 194 Å². The fourth-order valence-corrected chi connectivity index (χ4v) is 7.97. The number of aryl methyl sites for hydroxylation is 1. The molecule has 2 nitrogen and oxygen atoms in total. The number of hydrogen-bond donors (Lipinski definition) is 0. The molecule has 0 saturated heterocycles. The highest BCUT2D eigenvalue weighted by atomic mass is 16.3. The Labute approximate surface area is 308 Å². The van der Waals surface area contributed by atoms with Gasteiger partial charge in [-0.2, -0.15) is 0 Å². The topological polar surface area (TPSA) is 16.4 Å². The van der Waals surface area contributed by atoms with Crippen LogP contribution in [0, 0.1) is 6.92 Å². The Balaban J connectivity index is 1.08. The lowest BCUT2D eigenvalue weighted by atomic mass is 9.93. The quantitative estimate of drug-likeness (QED) is 0.163. The van der Waals surface area contributed by atoms with E-state index in [1.54, 1.807) is 0 Å². The zero-order valence-electron chi connectivity index (χ0n) is 29.3. The number of para-hydroxylation sites is 1. The highest BCUT2D eigenvalue weighted by Crippen LogP contribution is 2.42. The van der Waals surface area contributed by atoms with Crippen LogP contribution in [0.15, 0.2) is 199 Å². The largest absolute Gasteiger partial charge is 0.456 e. The molecule has 9 aromatic carbocycles. The second kappa shape index (κ2) is 12.7. The highest BCUT2D eigenvalue weighted by Gasteiger charge is 2.17. The summed E-state index contributed by atoms with van der Waals surface area (Å²) in [5.41, 5.74) is 13.5. The number of nitrogens with zero attached hydrogens (tertiary/aromatic N) is 1. The van der Waals surface area contributed by atoms with E-state index < -0.39 is 0 Å². The van der Waals surface area contributed by atoms with E-state index in [-0.39, 0.29) is 0 Å². The van der Waals surface area contributed by atoms with Gasteiger partial charge >= 0.3 is 0 Å². The van der Waals surface area contributed by atoms with Gasteiger partial charge in [0.15, 0.2) is 0 Å². The summed E-state index contributed by atoms with van der Waals surface area (Å²) in [7, 11) is 0. The average molecular weight is 678 g/mol. The van der Waals surface area contributed by atoms with E-state index in [4.69, 9.17) is 4.42 Å². The number of fused-ring (bicyclic) bond motifs is 6. The highest BCUT2D eigenvalue weighted by molar-refractivity contribution is 6.14. The molecule has 0 amide bonds. The van der Waals surface area contributed by atoms with Crippen molar-refractivity contribution in [1.29, 1.82) is 0 Å². The summed E-state index contributed by atoms with van der Waals surface area (Å²) in [5, 5.41) is 7.37. The fourth-order valence-electron chi connectivity index (χ4n) is 7.97. The number of hydrogen-bond acceptors (Lipinski definition) is 2. The van der Waals surface area contributed by atoms with Crippen LogP contribution in [0.3, 0.4) is 0 Å². The molecule has 1 heterocycles. The van der Waals surface area contributed by atoms with Gasteiger partial charge in [0.2, 0.25) is 0 Å². The smallest absolute Gasteiger partial charge is 0.136 e. The molecule has 53 heavy (non-hydrogen) atoms. The molecule has 0 atom stereocenters. The molecule has 0 radical (unpaired) electrons. The predicted octanol–water partition coefficient (Wildman–Crippen LogP) is 14.7. The van der Waals surface area contributed by atoms with Gasteiger partial charge in [0, 0.05) is 27.8 Å². The van der Waals surface area contributed by atoms with Crippen molar-refractivity contribution in [3.05, 3.63) is 200 Å².